The van der Waals surface area contributed by atoms with Crippen molar-refractivity contribution in [3.63, 3.8) is 0 Å². The standard InChI is InChI=1S/C15H23F2NO/c1-5-9(2)10(3)18-11(4)15(19)12-6-7-13(16)14(17)8-12/h6-11,15,18-19H,5H2,1-4H3. The predicted molar refractivity (Wildman–Crippen MR) is 72.8 cm³/mol. The Labute approximate surface area is 113 Å². The maximum atomic E-state index is 13.1. The SMILES string of the molecule is CCC(C)C(C)NC(C)C(O)c1ccc(F)c(F)c1. The third-order valence-corrected chi connectivity index (χ3v) is 3.78. The van der Waals surface area contributed by atoms with Crippen LogP contribution in [0.15, 0.2) is 18.2 Å². The summed E-state index contributed by atoms with van der Waals surface area (Å²) in [4.78, 5) is 0. The van der Waals surface area contributed by atoms with E-state index in [0.717, 1.165) is 18.6 Å². The van der Waals surface area contributed by atoms with Crippen LogP contribution in [-0.4, -0.2) is 17.2 Å². The summed E-state index contributed by atoms with van der Waals surface area (Å²) in [5, 5.41) is 13.5. The Morgan fingerprint density at radius 1 is 1.11 bits per heavy atom. The highest BCUT2D eigenvalue weighted by atomic mass is 19.2. The molecule has 0 aliphatic heterocycles. The van der Waals surface area contributed by atoms with Gasteiger partial charge in [0, 0.05) is 12.1 Å². The summed E-state index contributed by atoms with van der Waals surface area (Å²) < 4.78 is 26.0. The molecule has 1 rings (SSSR count). The Bertz CT molecular complexity index is 411. The van der Waals surface area contributed by atoms with Gasteiger partial charge >= 0.3 is 0 Å². The van der Waals surface area contributed by atoms with Gasteiger partial charge in [0.05, 0.1) is 6.10 Å². The number of hydrogen-bond donors (Lipinski definition) is 2. The van der Waals surface area contributed by atoms with E-state index in [1.165, 1.54) is 6.07 Å². The van der Waals surface area contributed by atoms with Crippen LogP contribution in [0.1, 0.15) is 45.8 Å². The molecule has 0 heterocycles. The van der Waals surface area contributed by atoms with Crippen molar-refractivity contribution in [2.24, 2.45) is 5.92 Å². The molecule has 2 N–H and O–H groups in total. The second-order valence-electron chi connectivity index (χ2n) is 5.25. The van der Waals surface area contributed by atoms with Crippen LogP contribution in [0.3, 0.4) is 0 Å². The highest BCUT2D eigenvalue weighted by Gasteiger charge is 2.21. The second kappa shape index (κ2) is 6.96. The Kier molecular flexibility index (Phi) is 5.88. The average Bonchev–Trinajstić information content (AvgIpc) is 2.39. The van der Waals surface area contributed by atoms with Crippen LogP contribution in [0.5, 0.6) is 0 Å². The summed E-state index contributed by atoms with van der Waals surface area (Å²) in [6.07, 6.45) is 0.184. The van der Waals surface area contributed by atoms with Crippen molar-refractivity contribution >= 4 is 0 Å². The van der Waals surface area contributed by atoms with E-state index in [2.05, 4.69) is 26.1 Å². The number of benzene rings is 1. The van der Waals surface area contributed by atoms with Gasteiger partial charge in [-0.1, -0.05) is 26.3 Å². The van der Waals surface area contributed by atoms with Crippen LogP contribution < -0.4 is 5.32 Å². The van der Waals surface area contributed by atoms with Crippen molar-refractivity contribution in [2.45, 2.75) is 52.3 Å². The van der Waals surface area contributed by atoms with Gasteiger partial charge in [0.15, 0.2) is 11.6 Å². The molecule has 0 aliphatic rings. The molecule has 0 spiro atoms. The molecule has 0 saturated heterocycles. The minimum absolute atomic E-state index is 0.228. The third kappa shape index (κ3) is 4.25. The van der Waals surface area contributed by atoms with E-state index < -0.39 is 17.7 Å². The van der Waals surface area contributed by atoms with Crippen LogP contribution in [-0.2, 0) is 0 Å². The van der Waals surface area contributed by atoms with Gasteiger partial charge in [-0.05, 0) is 37.5 Å². The molecule has 4 heteroatoms. The van der Waals surface area contributed by atoms with Crippen molar-refractivity contribution in [3.05, 3.63) is 35.4 Å². The predicted octanol–water partition coefficient (Wildman–Crippen LogP) is 3.41. The van der Waals surface area contributed by atoms with Crippen LogP contribution in [0.4, 0.5) is 8.78 Å². The molecule has 0 fully saturated rings. The van der Waals surface area contributed by atoms with Crippen molar-refractivity contribution < 1.29 is 13.9 Å². The van der Waals surface area contributed by atoms with E-state index in [9.17, 15) is 13.9 Å². The molecule has 0 bridgehead atoms. The van der Waals surface area contributed by atoms with Gasteiger partial charge in [-0.2, -0.15) is 0 Å². The summed E-state index contributed by atoms with van der Waals surface area (Å²) in [6, 6.07) is 3.52. The second-order valence-corrected chi connectivity index (χ2v) is 5.25. The Morgan fingerprint density at radius 3 is 2.26 bits per heavy atom. The maximum Gasteiger partial charge on any atom is 0.159 e. The van der Waals surface area contributed by atoms with E-state index >= 15 is 0 Å². The molecule has 0 aromatic heterocycles. The lowest BCUT2D eigenvalue weighted by atomic mass is 9.97. The first kappa shape index (κ1) is 16.1. The molecule has 0 aliphatic carbocycles. The first-order valence-electron chi connectivity index (χ1n) is 6.75. The summed E-state index contributed by atoms with van der Waals surface area (Å²) in [5.41, 5.74) is 0.384. The van der Waals surface area contributed by atoms with Crippen molar-refractivity contribution in [2.75, 3.05) is 0 Å². The van der Waals surface area contributed by atoms with E-state index in [0.29, 0.717) is 11.5 Å². The molecule has 4 unspecified atom stereocenters. The highest BCUT2D eigenvalue weighted by Crippen LogP contribution is 2.20. The zero-order valence-electron chi connectivity index (χ0n) is 12.0. The highest BCUT2D eigenvalue weighted by molar-refractivity contribution is 5.21. The van der Waals surface area contributed by atoms with Gasteiger partial charge in [-0.15, -0.1) is 0 Å². The summed E-state index contributed by atoms with van der Waals surface area (Å²) >= 11 is 0. The largest absolute Gasteiger partial charge is 0.387 e. The normalized spacial score (nSPS) is 17.8. The lowest BCUT2D eigenvalue weighted by Gasteiger charge is -2.27. The molecule has 2 nitrogen and oxygen atoms in total. The van der Waals surface area contributed by atoms with E-state index in [-0.39, 0.29) is 12.1 Å². The summed E-state index contributed by atoms with van der Waals surface area (Å²) in [6.45, 7) is 8.14. The molecule has 4 atom stereocenters. The summed E-state index contributed by atoms with van der Waals surface area (Å²) in [5.74, 6) is -1.34. The molecule has 1 aromatic carbocycles. The Hall–Kier alpha value is -1.00. The first-order valence-corrected chi connectivity index (χ1v) is 6.75. The lowest BCUT2D eigenvalue weighted by Crippen LogP contribution is -2.41. The number of aliphatic hydroxyl groups excluding tert-OH is 1. The molecule has 0 saturated carbocycles. The minimum atomic E-state index is -0.932. The van der Waals surface area contributed by atoms with E-state index in [1.54, 1.807) is 0 Å². The van der Waals surface area contributed by atoms with Crippen molar-refractivity contribution in [1.82, 2.24) is 5.32 Å². The smallest absolute Gasteiger partial charge is 0.159 e. The third-order valence-electron chi connectivity index (χ3n) is 3.78. The van der Waals surface area contributed by atoms with Crippen LogP contribution in [0, 0.1) is 17.6 Å². The van der Waals surface area contributed by atoms with Gasteiger partial charge < -0.3 is 10.4 Å². The lowest BCUT2D eigenvalue weighted by molar-refractivity contribution is 0.124. The zero-order valence-corrected chi connectivity index (χ0v) is 12.0. The number of hydrogen-bond acceptors (Lipinski definition) is 2. The van der Waals surface area contributed by atoms with Crippen molar-refractivity contribution in [3.8, 4) is 0 Å². The quantitative estimate of drug-likeness (QED) is 0.831. The Morgan fingerprint density at radius 2 is 1.74 bits per heavy atom. The first-order chi connectivity index (χ1) is 8.86. The van der Waals surface area contributed by atoms with Gasteiger partial charge in [0.25, 0.3) is 0 Å². The van der Waals surface area contributed by atoms with Crippen LogP contribution >= 0.6 is 0 Å². The van der Waals surface area contributed by atoms with E-state index in [4.69, 9.17) is 0 Å². The fourth-order valence-corrected chi connectivity index (χ4v) is 2.01. The number of rotatable bonds is 6. The van der Waals surface area contributed by atoms with Crippen molar-refractivity contribution in [1.29, 1.82) is 0 Å². The van der Waals surface area contributed by atoms with Crippen LogP contribution in [0.2, 0.25) is 0 Å². The number of halogens is 2. The molecule has 0 amide bonds. The number of nitrogens with one attached hydrogen (secondary N) is 1. The fraction of sp³-hybridized carbons (Fsp3) is 0.600. The topological polar surface area (TPSA) is 32.3 Å². The van der Waals surface area contributed by atoms with Gasteiger partial charge in [-0.25, -0.2) is 8.78 Å². The van der Waals surface area contributed by atoms with Gasteiger partial charge in [-0.3, -0.25) is 0 Å². The monoisotopic (exact) mass is 271 g/mol. The molecule has 0 radical (unpaired) electrons. The fourth-order valence-electron chi connectivity index (χ4n) is 2.01. The average molecular weight is 271 g/mol. The molecule has 1 aromatic rings. The van der Waals surface area contributed by atoms with Gasteiger partial charge in [0.1, 0.15) is 0 Å². The van der Waals surface area contributed by atoms with E-state index in [1.807, 2.05) is 6.92 Å². The molecule has 19 heavy (non-hydrogen) atoms. The molecular formula is C15H23F2NO. The van der Waals surface area contributed by atoms with Crippen LogP contribution in [0.25, 0.3) is 0 Å². The maximum absolute atomic E-state index is 13.1. The molecule has 108 valence electrons. The molecular weight excluding hydrogens is 248 g/mol. The van der Waals surface area contributed by atoms with Gasteiger partial charge in [0.2, 0.25) is 0 Å². The minimum Gasteiger partial charge on any atom is -0.387 e. The Balaban J connectivity index is 2.70. The number of aliphatic hydroxyl groups is 1. The zero-order chi connectivity index (χ0) is 14.6. The summed E-state index contributed by atoms with van der Waals surface area (Å²) in [7, 11) is 0.